The number of likely N-dealkylation sites (N-methyl/N-ethyl adjacent to an activating group) is 1. The van der Waals surface area contributed by atoms with Gasteiger partial charge in [-0.3, -0.25) is 13.9 Å². The van der Waals surface area contributed by atoms with Crippen molar-refractivity contribution < 1.29 is 18.0 Å². The first-order chi connectivity index (χ1) is 17.6. The largest absolute Gasteiger partial charge is 0.355 e. The van der Waals surface area contributed by atoms with E-state index in [9.17, 15) is 18.0 Å². The average Bonchev–Trinajstić information content (AvgIpc) is 2.85. The number of nitrogens with one attached hydrogen (secondary N) is 1. The van der Waals surface area contributed by atoms with E-state index in [0.29, 0.717) is 21.7 Å². The second kappa shape index (κ2) is 13.1. The summed E-state index contributed by atoms with van der Waals surface area (Å²) in [6, 6.07) is 22.3. The number of sulfonamides is 1. The molecule has 0 bridgehead atoms. The number of hydrogen-bond donors (Lipinski definition) is 1. The molecule has 196 valence electrons. The molecule has 0 unspecified atom stereocenters. The number of carbonyl (C=O) groups is 2. The third kappa shape index (κ3) is 8.05. The summed E-state index contributed by atoms with van der Waals surface area (Å²) >= 11 is 9.58. The van der Waals surface area contributed by atoms with Gasteiger partial charge in [-0.15, -0.1) is 0 Å². The van der Waals surface area contributed by atoms with Crippen molar-refractivity contribution in [2.45, 2.75) is 25.9 Å². The lowest BCUT2D eigenvalue weighted by Crippen LogP contribution is -2.53. The Morgan fingerprint density at radius 2 is 1.62 bits per heavy atom. The lowest BCUT2D eigenvalue weighted by Gasteiger charge is -2.33. The zero-order chi connectivity index (χ0) is 27.0. The molecular formula is C27H29BrClN3O4S. The zero-order valence-electron chi connectivity index (χ0n) is 20.6. The van der Waals surface area contributed by atoms with Gasteiger partial charge in [0.1, 0.15) is 12.6 Å². The summed E-state index contributed by atoms with van der Waals surface area (Å²) in [7, 11) is -3.83. The van der Waals surface area contributed by atoms with Gasteiger partial charge in [-0.2, -0.15) is 0 Å². The lowest BCUT2D eigenvalue weighted by atomic mass is 10.0. The smallest absolute Gasteiger partial charge is 0.244 e. The van der Waals surface area contributed by atoms with Crippen molar-refractivity contribution in [3.63, 3.8) is 0 Å². The van der Waals surface area contributed by atoms with Crippen LogP contribution in [0.3, 0.4) is 0 Å². The summed E-state index contributed by atoms with van der Waals surface area (Å²) in [5, 5.41) is 3.32. The topological polar surface area (TPSA) is 86.8 Å². The van der Waals surface area contributed by atoms with Gasteiger partial charge in [0.2, 0.25) is 21.8 Å². The second-order valence-corrected chi connectivity index (χ2v) is 11.7. The van der Waals surface area contributed by atoms with E-state index in [-0.39, 0.29) is 18.9 Å². The van der Waals surface area contributed by atoms with Crippen LogP contribution in [0.25, 0.3) is 0 Å². The molecule has 7 nitrogen and oxygen atoms in total. The molecule has 37 heavy (non-hydrogen) atoms. The van der Waals surface area contributed by atoms with Crippen molar-refractivity contribution in [1.82, 2.24) is 10.2 Å². The Bertz CT molecular complexity index is 1340. The van der Waals surface area contributed by atoms with Crippen LogP contribution in [-0.2, 0) is 32.6 Å². The number of anilines is 1. The van der Waals surface area contributed by atoms with Crippen molar-refractivity contribution in [1.29, 1.82) is 0 Å². The number of amides is 2. The van der Waals surface area contributed by atoms with E-state index in [1.165, 1.54) is 4.90 Å². The summed E-state index contributed by atoms with van der Waals surface area (Å²) in [6.07, 6.45) is 1.30. The highest BCUT2D eigenvalue weighted by Crippen LogP contribution is 2.28. The average molecular weight is 607 g/mol. The monoisotopic (exact) mass is 605 g/mol. The molecule has 3 aromatic rings. The molecular weight excluding hydrogens is 578 g/mol. The van der Waals surface area contributed by atoms with Crippen molar-refractivity contribution in [2.24, 2.45) is 0 Å². The maximum absolute atomic E-state index is 13.9. The Morgan fingerprint density at radius 3 is 2.24 bits per heavy atom. The SMILES string of the molecule is CCNC(=O)[C@@H](Cc1ccccc1)N(Cc1cccc(Cl)c1)C(=O)CN(c1ccccc1Br)S(C)(=O)=O. The summed E-state index contributed by atoms with van der Waals surface area (Å²) in [4.78, 5) is 28.6. The molecule has 0 aromatic heterocycles. The first kappa shape index (κ1) is 28.7. The maximum atomic E-state index is 13.9. The van der Waals surface area contributed by atoms with Crippen LogP contribution in [0.4, 0.5) is 5.69 Å². The van der Waals surface area contributed by atoms with Crippen molar-refractivity contribution >= 4 is 55.1 Å². The van der Waals surface area contributed by atoms with E-state index in [2.05, 4.69) is 21.2 Å². The van der Waals surface area contributed by atoms with Gasteiger partial charge in [-0.1, -0.05) is 66.2 Å². The van der Waals surface area contributed by atoms with Crippen molar-refractivity contribution in [2.75, 3.05) is 23.7 Å². The van der Waals surface area contributed by atoms with Crippen LogP contribution in [0.1, 0.15) is 18.1 Å². The molecule has 1 N–H and O–H groups in total. The normalized spacial score (nSPS) is 12.0. The highest BCUT2D eigenvalue weighted by atomic mass is 79.9. The standard InChI is InChI=1S/C27H29BrClN3O4S/c1-3-30-27(34)25(17-20-10-5-4-6-11-20)31(18-21-12-9-13-22(29)16-21)26(33)19-32(37(2,35)36)24-15-8-7-14-23(24)28/h4-16,25H,3,17-19H2,1-2H3,(H,30,34)/t25-/m1/s1. The van der Waals surface area contributed by atoms with Gasteiger partial charge in [0, 0.05) is 29.0 Å². The fraction of sp³-hybridized carbons (Fsp3) is 0.259. The molecule has 0 aliphatic carbocycles. The minimum Gasteiger partial charge on any atom is -0.355 e. The number of para-hydroxylation sites is 1. The molecule has 0 saturated heterocycles. The summed E-state index contributed by atoms with van der Waals surface area (Å²) < 4.78 is 27.1. The Hall–Kier alpha value is -2.88. The quantitative estimate of drug-likeness (QED) is 0.345. The number of hydrogen-bond acceptors (Lipinski definition) is 4. The minimum atomic E-state index is -3.83. The van der Waals surface area contributed by atoms with Crippen molar-refractivity contribution in [3.8, 4) is 0 Å². The predicted octanol–water partition coefficient (Wildman–Crippen LogP) is 4.64. The zero-order valence-corrected chi connectivity index (χ0v) is 23.8. The third-order valence-corrected chi connectivity index (χ3v) is 7.70. The fourth-order valence-electron chi connectivity index (χ4n) is 3.93. The minimum absolute atomic E-state index is 0.0710. The van der Waals surface area contributed by atoms with E-state index in [1.807, 2.05) is 36.4 Å². The molecule has 0 fully saturated rings. The molecule has 3 aromatic carbocycles. The van der Waals surface area contributed by atoms with E-state index in [4.69, 9.17) is 11.6 Å². The molecule has 1 atom stereocenters. The van der Waals surface area contributed by atoms with Gasteiger partial charge in [-0.25, -0.2) is 8.42 Å². The first-order valence-electron chi connectivity index (χ1n) is 11.7. The maximum Gasteiger partial charge on any atom is 0.244 e. The number of halogens is 2. The molecule has 0 aliphatic rings. The van der Waals surface area contributed by atoms with Crippen LogP contribution in [0, 0.1) is 0 Å². The molecule has 3 rings (SSSR count). The molecule has 0 heterocycles. The van der Waals surface area contributed by atoms with E-state index in [0.717, 1.165) is 21.7 Å². The summed E-state index contributed by atoms with van der Waals surface area (Å²) in [5.41, 5.74) is 1.92. The molecule has 2 amide bonds. The van der Waals surface area contributed by atoms with E-state index in [1.54, 1.807) is 49.4 Å². The van der Waals surface area contributed by atoms with Crippen molar-refractivity contribution in [3.05, 3.63) is 99.5 Å². The Kier molecular flexibility index (Phi) is 10.1. The van der Waals surface area contributed by atoms with Gasteiger partial charge in [0.15, 0.2) is 0 Å². The van der Waals surface area contributed by atoms with Gasteiger partial charge in [0.05, 0.1) is 11.9 Å². The summed E-state index contributed by atoms with van der Waals surface area (Å²) in [6.45, 7) is 1.78. The van der Waals surface area contributed by atoms with Crippen LogP contribution in [0.2, 0.25) is 5.02 Å². The lowest BCUT2D eigenvalue weighted by molar-refractivity contribution is -0.140. The fourth-order valence-corrected chi connectivity index (χ4v) is 5.62. The van der Waals surface area contributed by atoms with Gasteiger partial charge < -0.3 is 10.2 Å². The molecule has 0 spiro atoms. The third-order valence-electron chi connectivity index (χ3n) is 5.66. The predicted molar refractivity (Wildman–Crippen MR) is 151 cm³/mol. The summed E-state index contributed by atoms with van der Waals surface area (Å²) in [5.74, 6) is -0.845. The van der Waals surface area contributed by atoms with Crippen LogP contribution >= 0.6 is 27.5 Å². The number of nitrogens with zero attached hydrogens (tertiary/aromatic N) is 2. The molecule has 0 radical (unpaired) electrons. The van der Waals surface area contributed by atoms with Crippen LogP contribution in [0.5, 0.6) is 0 Å². The Morgan fingerprint density at radius 1 is 0.973 bits per heavy atom. The van der Waals surface area contributed by atoms with E-state index >= 15 is 0 Å². The molecule has 10 heteroatoms. The highest BCUT2D eigenvalue weighted by molar-refractivity contribution is 9.10. The van der Waals surface area contributed by atoms with E-state index < -0.39 is 28.5 Å². The number of carbonyl (C=O) groups excluding carboxylic acids is 2. The second-order valence-electron chi connectivity index (χ2n) is 8.47. The first-order valence-corrected chi connectivity index (χ1v) is 14.7. The van der Waals surface area contributed by atoms with Gasteiger partial charge in [0.25, 0.3) is 0 Å². The Balaban J connectivity index is 2.05. The van der Waals surface area contributed by atoms with Crippen LogP contribution in [0.15, 0.2) is 83.3 Å². The molecule has 0 aliphatic heterocycles. The highest BCUT2D eigenvalue weighted by Gasteiger charge is 2.33. The van der Waals surface area contributed by atoms with Crippen LogP contribution < -0.4 is 9.62 Å². The molecule has 0 saturated carbocycles. The number of benzene rings is 3. The van der Waals surface area contributed by atoms with Gasteiger partial charge in [-0.05, 0) is 58.2 Å². The van der Waals surface area contributed by atoms with Gasteiger partial charge >= 0.3 is 0 Å². The number of rotatable bonds is 11. The Labute approximate surface area is 231 Å². The van der Waals surface area contributed by atoms with Crippen LogP contribution in [-0.4, -0.2) is 50.5 Å².